The second kappa shape index (κ2) is 5.58. The van der Waals surface area contributed by atoms with Gasteiger partial charge in [-0.2, -0.15) is 0 Å². The summed E-state index contributed by atoms with van der Waals surface area (Å²) in [7, 11) is 0. The van der Waals surface area contributed by atoms with Gasteiger partial charge in [0.15, 0.2) is 0 Å². The molecule has 12 heavy (non-hydrogen) atoms. The van der Waals surface area contributed by atoms with Crippen LogP contribution in [0.1, 0.15) is 53.9 Å². The van der Waals surface area contributed by atoms with Crippen molar-refractivity contribution in [3.05, 3.63) is 0 Å². The van der Waals surface area contributed by atoms with E-state index in [0.717, 1.165) is 6.54 Å². The van der Waals surface area contributed by atoms with Gasteiger partial charge in [-0.05, 0) is 31.7 Å². The summed E-state index contributed by atoms with van der Waals surface area (Å²) >= 11 is 0. The van der Waals surface area contributed by atoms with Crippen LogP contribution in [0.4, 0.5) is 0 Å². The molecule has 0 rings (SSSR count). The minimum Gasteiger partial charge on any atom is -0.314 e. The van der Waals surface area contributed by atoms with Gasteiger partial charge in [-0.3, -0.25) is 0 Å². The van der Waals surface area contributed by atoms with Crippen LogP contribution in [0.15, 0.2) is 0 Å². The fraction of sp³-hybridized carbons (Fsp3) is 1.00. The van der Waals surface area contributed by atoms with Crippen molar-refractivity contribution in [2.75, 3.05) is 6.54 Å². The molecule has 0 aliphatic heterocycles. The lowest BCUT2D eigenvalue weighted by atomic mass is 9.84. The van der Waals surface area contributed by atoms with Crippen LogP contribution in [0.2, 0.25) is 0 Å². The molecule has 0 spiro atoms. The summed E-state index contributed by atoms with van der Waals surface area (Å²) in [5, 5.41) is 3.52. The Hall–Kier alpha value is -0.0400. The summed E-state index contributed by atoms with van der Waals surface area (Å²) in [5.41, 5.74) is 0.500. The lowest BCUT2D eigenvalue weighted by Crippen LogP contribution is -2.31. The van der Waals surface area contributed by atoms with E-state index in [1.165, 1.54) is 19.3 Å². The van der Waals surface area contributed by atoms with E-state index in [-0.39, 0.29) is 0 Å². The summed E-state index contributed by atoms with van der Waals surface area (Å²) in [6, 6.07) is 0.667. The summed E-state index contributed by atoms with van der Waals surface area (Å²) in [4.78, 5) is 0. The van der Waals surface area contributed by atoms with Crippen LogP contribution in [0, 0.1) is 5.41 Å². The van der Waals surface area contributed by atoms with E-state index in [4.69, 9.17) is 0 Å². The first-order chi connectivity index (χ1) is 5.52. The Balaban J connectivity index is 3.60. The fourth-order valence-electron chi connectivity index (χ4n) is 1.44. The van der Waals surface area contributed by atoms with Gasteiger partial charge in [-0.15, -0.1) is 0 Å². The highest BCUT2D eigenvalue weighted by molar-refractivity contribution is 4.73. The topological polar surface area (TPSA) is 12.0 Å². The molecule has 0 aliphatic rings. The smallest absolute Gasteiger partial charge is 0.00438 e. The van der Waals surface area contributed by atoms with Gasteiger partial charge in [-0.25, -0.2) is 0 Å². The lowest BCUT2D eigenvalue weighted by Gasteiger charge is -2.27. The normalized spacial score (nSPS) is 14.8. The first-order valence-corrected chi connectivity index (χ1v) is 5.25. The van der Waals surface area contributed by atoms with Crippen molar-refractivity contribution in [2.24, 2.45) is 5.41 Å². The Morgan fingerprint density at radius 1 is 1.25 bits per heavy atom. The van der Waals surface area contributed by atoms with E-state index in [1.807, 2.05) is 0 Å². The first-order valence-electron chi connectivity index (χ1n) is 5.25. The Kier molecular flexibility index (Phi) is 5.56. The molecule has 0 aromatic rings. The quantitative estimate of drug-likeness (QED) is 0.647. The standard InChI is InChI=1S/C11H25N/c1-6-8-12-10(3)9-11(4,5)7-2/h10,12H,6-9H2,1-5H3. The van der Waals surface area contributed by atoms with Gasteiger partial charge >= 0.3 is 0 Å². The van der Waals surface area contributed by atoms with Gasteiger partial charge in [0.2, 0.25) is 0 Å². The maximum atomic E-state index is 3.52. The van der Waals surface area contributed by atoms with Crippen molar-refractivity contribution in [3.8, 4) is 0 Å². The molecule has 1 atom stereocenters. The van der Waals surface area contributed by atoms with Crippen LogP contribution >= 0.6 is 0 Å². The van der Waals surface area contributed by atoms with Crippen molar-refractivity contribution in [1.29, 1.82) is 0 Å². The molecule has 0 fully saturated rings. The molecule has 0 aliphatic carbocycles. The summed E-state index contributed by atoms with van der Waals surface area (Å²) in [6.45, 7) is 12.6. The van der Waals surface area contributed by atoms with Crippen molar-refractivity contribution >= 4 is 0 Å². The Morgan fingerprint density at radius 2 is 1.83 bits per heavy atom. The largest absolute Gasteiger partial charge is 0.314 e. The van der Waals surface area contributed by atoms with Crippen LogP contribution in [-0.4, -0.2) is 12.6 Å². The average Bonchev–Trinajstić information content (AvgIpc) is 2.00. The molecule has 0 saturated carbocycles. The minimum atomic E-state index is 0.500. The molecule has 0 aromatic heterocycles. The molecule has 0 aromatic carbocycles. The van der Waals surface area contributed by atoms with Gasteiger partial charge < -0.3 is 5.32 Å². The third-order valence-corrected chi connectivity index (χ3v) is 2.56. The number of rotatable bonds is 6. The first kappa shape index (κ1) is 12.0. The minimum absolute atomic E-state index is 0.500. The highest BCUT2D eigenvalue weighted by atomic mass is 14.9. The summed E-state index contributed by atoms with van der Waals surface area (Å²) in [6.07, 6.45) is 3.78. The predicted molar refractivity (Wildman–Crippen MR) is 56.4 cm³/mol. The predicted octanol–water partition coefficient (Wildman–Crippen LogP) is 3.20. The zero-order valence-corrected chi connectivity index (χ0v) is 9.41. The van der Waals surface area contributed by atoms with Crippen molar-refractivity contribution < 1.29 is 0 Å². The van der Waals surface area contributed by atoms with Crippen LogP contribution in [0.5, 0.6) is 0 Å². The summed E-state index contributed by atoms with van der Waals surface area (Å²) in [5.74, 6) is 0. The molecule has 1 heteroatoms. The molecular weight excluding hydrogens is 146 g/mol. The average molecular weight is 171 g/mol. The van der Waals surface area contributed by atoms with Gasteiger partial charge in [0.1, 0.15) is 0 Å². The van der Waals surface area contributed by atoms with E-state index < -0.39 is 0 Å². The van der Waals surface area contributed by atoms with Gasteiger partial charge in [-0.1, -0.05) is 34.1 Å². The van der Waals surface area contributed by atoms with Crippen molar-refractivity contribution in [1.82, 2.24) is 5.32 Å². The van der Waals surface area contributed by atoms with Gasteiger partial charge in [0.25, 0.3) is 0 Å². The Labute approximate surface area is 77.9 Å². The Bertz CT molecular complexity index is 108. The molecule has 74 valence electrons. The molecule has 1 nitrogen and oxygen atoms in total. The lowest BCUT2D eigenvalue weighted by molar-refractivity contribution is 0.279. The fourth-order valence-corrected chi connectivity index (χ4v) is 1.44. The van der Waals surface area contributed by atoms with E-state index in [9.17, 15) is 0 Å². The summed E-state index contributed by atoms with van der Waals surface area (Å²) < 4.78 is 0. The van der Waals surface area contributed by atoms with Gasteiger partial charge in [0.05, 0.1) is 0 Å². The Morgan fingerprint density at radius 3 is 2.25 bits per heavy atom. The highest BCUT2D eigenvalue weighted by Crippen LogP contribution is 2.25. The van der Waals surface area contributed by atoms with Crippen molar-refractivity contribution in [2.45, 2.75) is 59.9 Å². The molecule has 0 heterocycles. The zero-order chi connectivity index (χ0) is 9.61. The third kappa shape index (κ3) is 5.59. The molecular formula is C11H25N. The van der Waals surface area contributed by atoms with E-state index in [1.54, 1.807) is 0 Å². The molecule has 1 N–H and O–H groups in total. The van der Waals surface area contributed by atoms with Crippen LogP contribution in [0.25, 0.3) is 0 Å². The molecule has 1 unspecified atom stereocenters. The SMILES string of the molecule is CCCNC(C)CC(C)(C)CC. The second-order valence-electron chi connectivity index (χ2n) is 4.58. The monoisotopic (exact) mass is 171 g/mol. The molecule has 0 radical (unpaired) electrons. The molecule has 0 bridgehead atoms. The maximum Gasteiger partial charge on any atom is 0.00438 e. The molecule has 0 saturated heterocycles. The third-order valence-electron chi connectivity index (χ3n) is 2.56. The zero-order valence-electron chi connectivity index (χ0n) is 9.41. The van der Waals surface area contributed by atoms with Crippen LogP contribution < -0.4 is 5.32 Å². The van der Waals surface area contributed by atoms with Crippen LogP contribution in [0.3, 0.4) is 0 Å². The number of hydrogen-bond acceptors (Lipinski definition) is 1. The van der Waals surface area contributed by atoms with E-state index in [2.05, 4.69) is 39.9 Å². The second-order valence-corrected chi connectivity index (χ2v) is 4.58. The van der Waals surface area contributed by atoms with E-state index in [0.29, 0.717) is 11.5 Å². The van der Waals surface area contributed by atoms with E-state index >= 15 is 0 Å². The number of nitrogens with one attached hydrogen (secondary N) is 1. The van der Waals surface area contributed by atoms with Gasteiger partial charge in [0, 0.05) is 6.04 Å². The number of hydrogen-bond donors (Lipinski definition) is 1. The molecule has 0 amide bonds. The van der Waals surface area contributed by atoms with Crippen molar-refractivity contribution in [3.63, 3.8) is 0 Å². The maximum absolute atomic E-state index is 3.52. The van der Waals surface area contributed by atoms with Crippen LogP contribution in [-0.2, 0) is 0 Å². The highest BCUT2D eigenvalue weighted by Gasteiger charge is 2.17.